The van der Waals surface area contributed by atoms with Crippen LogP contribution in [0, 0.1) is 12.8 Å². The van der Waals surface area contributed by atoms with Crippen LogP contribution >= 0.6 is 0 Å². The number of hydrogen-bond donors (Lipinski definition) is 0. The minimum Gasteiger partial charge on any atom is -0.467 e. The van der Waals surface area contributed by atoms with Gasteiger partial charge in [0.2, 0.25) is 0 Å². The lowest BCUT2D eigenvalue weighted by atomic mass is 9.85. The third-order valence-corrected chi connectivity index (χ3v) is 6.57. The highest BCUT2D eigenvalue weighted by Gasteiger charge is 2.30. The standard InChI is InChI=1S/C23H29FN6O/c1-14-11-29(12-14)21-9-22(27-23(26-21)31-4)30-20-8-18(15(2)7-16(20)10-25-30)17-5-6-28(3)13-19(17)24/h7-10,14,17,19H,5-6,11-13H2,1-4H3. The number of anilines is 1. The van der Waals surface area contributed by atoms with E-state index < -0.39 is 6.17 Å². The Balaban J connectivity index is 1.57. The van der Waals surface area contributed by atoms with E-state index in [-0.39, 0.29) is 5.92 Å². The molecule has 0 saturated carbocycles. The fourth-order valence-electron chi connectivity index (χ4n) is 4.84. The van der Waals surface area contributed by atoms with Crippen LogP contribution in [0.5, 0.6) is 6.01 Å². The van der Waals surface area contributed by atoms with E-state index in [4.69, 9.17) is 4.74 Å². The van der Waals surface area contributed by atoms with Gasteiger partial charge in [0.1, 0.15) is 12.0 Å². The summed E-state index contributed by atoms with van der Waals surface area (Å²) in [7, 11) is 3.55. The maximum atomic E-state index is 14.9. The zero-order chi connectivity index (χ0) is 21.7. The molecule has 2 saturated heterocycles. The zero-order valence-electron chi connectivity index (χ0n) is 18.5. The van der Waals surface area contributed by atoms with Gasteiger partial charge in [0.15, 0.2) is 5.82 Å². The predicted molar refractivity (Wildman–Crippen MR) is 119 cm³/mol. The largest absolute Gasteiger partial charge is 0.467 e. The molecule has 0 amide bonds. The Bertz CT molecular complexity index is 1110. The lowest BCUT2D eigenvalue weighted by Gasteiger charge is -2.38. The first-order chi connectivity index (χ1) is 14.9. The first kappa shape index (κ1) is 20.2. The number of ether oxygens (including phenoxy) is 1. The predicted octanol–water partition coefficient (Wildman–Crippen LogP) is 3.35. The van der Waals surface area contributed by atoms with E-state index in [1.807, 2.05) is 24.0 Å². The van der Waals surface area contributed by atoms with Crippen molar-refractivity contribution in [2.24, 2.45) is 5.92 Å². The number of aromatic nitrogens is 4. The van der Waals surface area contributed by atoms with Crippen molar-refractivity contribution in [3.05, 3.63) is 35.5 Å². The second-order valence-electron chi connectivity index (χ2n) is 9.08. The Labute approximate surface area is 181 Å². The van der Waals surface area contributed by atoms with Gasteiger partial charge in [-0.2, -0.15) is 15.1 Å². The molecule has 31 heavy (non-hydrogen) atoms. The van der Waals surface area contributed by atoms with Crippen LogP contribution in [0.25, 0.3) is 16.7 Å². The molecule has 0 bridgehead atoms. The van der Waals surface area contributed by atoms with Crippen LogP contribution in [0.15, 0.2) is 24.4 Å². The summed E-state index contributed by atoms with van der Waals surface area (Å²) in [5.41, 5.74) is 3.10. The van der Waals surface area contributed by atoms with E-state index in [0.717, 1.165) is 53.9 Å². The maximum absolute atomic E-state index is 14.9. The summed E-state index contributed by atoms with van der Waals surface area (Å²) < 4.78 is 22.1. The molecule has 2 fully saturated rings. The third-order valence-electron chi connectivity index (χ3n) is 6.57. The summed E-state index contributed by atoms with van der Waals surface area (Å²) in [6.07, 6.45) is 1.79. The van der Waals surface area contributed by atoms with Gasteiger partial charge in [0.05, 0.1) is 18.8 Å². The highest BCUT2D eigenvalue weighted by molar-refractivity contribution is 5.82. The summed E-state index contributed by atoms with van der Waals surface area (Å²) in [6.45, 7) is 7.61. The average Bonchev–Trinajstić information content (AvgIpc) is 3.13. The van der Waals surface area contributed by atoms with Gasteiger partial charge in [-0.25, -0.2) is 9.07 Å². The summed E-state index contributed by atoms with van der Waals surface area (Å²) >= 11 is 0. The summed E-state index contributed by atoms with van der Waals surface area (Å²) in [5, 5.41) is 5.62. The molecule has 1 aromatic carbocycles. The Morgan fingerprint density at radius 2 is 1.87 bits per heavy atom. The van der Waals surface area contributed by atoms with E-state index in [1.165, 1.54) is 0 Å². The fraction of sp³-hybridized carbons (Fsp3) is 0.522. The first-order valence-electron chi connectivity index (χ1n) is 10.9. The van der Waals surface area contributed by atoms with Crippen molar-refractivity contribution in [1.82, 2.24) is 24.6 Å². The number of methoxy groups -OCH3 is 1. The van der Waals surface area contributed by atoms with E-state index >= 15 is 0 Å². The van der Waals surface area contributed by atoms with E-state index in [1.54, 1.807) is 7.11 Å². The van der Waals surface area contributed by atoms with E-state index in [9.17, 15) is 4.39 Å². The van der Waals surface area contributed by atoms with E-state index in [2.05, 4.69) is 50.8 Å². The van der Waals surface area contributed by atoms with Gasteiger partial charge in [-0.3, -0.25) is 0 Å². The quantitative estimate of drug-likeness (QED) is 0.640. The van der Waals surface area contributed by atoms with Crippen molar-refractivity contribution >= 4 is 16.7 Å². The molecule has 2 atom stereocenters. The second-order valence-corrected chi connectivity index (χ2v) is 9.08. The molecule has 5 rings (SSSR count). The highest BCUT2D eigenvalue weighted by atomic mass is 19.1. The van der Waals surface area contributed by atoms with Crippen LogP contribution in [0.4, 0.5) is 10.2 Å². The molecule has 3 aromatic rings. The fourth-order valence-corrected chi connectivity index (χ4v) is 4.84. The average molecular weight is 425 g/mol. The highest BCUT2D eigenvalue weighted by Crippen LogP contribution is 2.35. The van der Waals surface area contributed by atoms with Crippen molar-refractivity contribution in [2.75, 3.05) is 45.2 Å². The van der Waals surface area contributed by atoms with Crippen LogP contribution < -0.4 is 9.64 Å². The van der Waals surface area contributed by atoms with Crippen molar-refractivity contribution in [2.45, 2.75) is 32.4 Å². The molecule has 0 spiro atoms. The molecule has 0 radical (unpaired) electrons. The number of rotatable bonds is 4. The molecule has 2 aliphatic rings. The van der Waals surface area contributed by atoms with Gasteiger partial charge >= 0.3 is 6.01 Å². The van der Waals surface area contributed by atoms with Gasteiger partial charge in [-0.15, -0.1) is 0 Å². The van der Waals surface area contributed by atoms with Crippen molar-refractivity contribution in [3.8, 4) is 11.8 Å². The molecular formula is C23H29FN6O. The maximum Gasteiger partial charge on any atom is 0.320 e. The Morgan fingerprint density at radius 1 is 1.10 bits per heavy atom. The zero-order valence-corrected chi connectivity index (χ0v) is 18.5. The topological polar surface area (TPSA) is 59.3 Å². The van der Waals surface area contributed by atoms with Crippen LogP contribution in [0.3, 0.4) is 0 Å². The summed E-state index contributed by atoms with van der Waals surface area (Å²) in [5.74, 6) is 2.06. The number of aryl methyl sites for hydroxylation is 1. The van der Waals surface area contributed by atoms with Crippen LogP contribution in [-0.4, -0.2) is 71.2 Å². The lowest BCUT2D eigenvalue weighted by molar-refractivity contribution is 0.139. The van der Waals surface area contributed by atoms with Crippen LogP contribution in [0.1, 0.15) is 30.4 Å². The molecule has 4 heterocycles. The lowest BCUT2D eigenvalue weighted by Crippen LogP contribution is -2.45. The van der Waals surface area contributed by atoms with Crippen molar-refractivity contribution in [1.29, 1.82) is 0 Å². The number of alkyl halides is 1. The van der Waals surface area contributed by atoms with Crippen LogP contribution in [-0.2, 0) is 0 Å². The van der Waals surface area contributed by atoms with E-state index in [0.29, 0.717) is 24.3 Å². The van der Waals surface area contributed by atoms with Gasteiger partial charge in [0, 0.05) is 37.0 Å². The number of likely N-dealkylation sites (tertiary alicyclic amines) is 1. The van der Waals surface area contributed by atoms with Crippen LogP contribution in [0.2, 0.25) is 0 Å². The smallest absolute Gasteiger partial charge is 0.320 e. The van der Waals surface area contributed by atoms with Gasteiger partial charge in [-0.05, 0) is 56.1 Å². The molecule has 2 unspecified atom stereocenters. The Hall–Kier alpha value is -2.74. The SMILES string of the molecule is COc1nc(N2CC(C)C2)cc(-n2ncc3cc(C)c(C4CCN(C)CC4F)cc32)n1. The third kappa shape index (κ3) is 3.63. The molecule has 8 heteroatoms. The summed E-state index contributed by atoms with van der Waals surface area (Å²) in [4.78, 5) is 13.3. The van der Waals surface area contributed by atoms with Gasteiger partial charge in [0.25, 0.3) is 0 Å². The molecule has 0 N–H and O–H groups in total. The van der Waals surface area contributed by atoms with Gasteiger partial charge in [-0.1, -0.05) is 6.92 Å². The number of nitrogens with zero attached hydrogens (tertiary/aromatic N) is 6. The van der Waals surface area contributed by atoms with Crippen molar-refractivity contribution < 1.29 is 9.13 Å². The molecule has 0 aliphatic carbocycles. The molecule has 7 nitrogen and oxygen atoms in total. The number of hydrogen-bond acceptors (Lipinski definition) is 6. The number of piperidine rings is 1. The second kappa shape index (κ2) is 7.75. The minimum absolute atomic E-state index is 0.0954. The number of fused-ring (bicyclic) bond motifs is 1. The molecule has 164 valence electrons. The van der Waals surface area contributed by atoms with Gasteiger partial charge < -0.3 is 14.5 Å². The molecule has 2 aliphatic heterocycles. The number of halogens is 1. The minimum atomic E-state index is -0.870. The molecular weight excluding hydrogens is 395 g/mol. The monoisotopic (exact) mass is 424 g/mol. The summed E-state index contributed by atoms with van der Waals surface area (Å²) in [6, 6.07) is 6.48. The molecule has 2 aromatic heterocycles. The number of benzene rings is 1. The Kier molecular flexibility index (Phi) is 5.04. The Morgan fingerprint density at radius 3 is 2.58 bits per heavy atom. The normalized spacial score (nSPS) is 22.7. The van der Waals surface area contributed by atoms with Crippen molar-refractivity contribution in [3.63, 3.8) is 0 Å². The first-order valence-corrected chi connectivity index (χ1v) is 10.9.